The number of phenolic OH excluding ortho intramolecular Hbond substituents is 1. The van der Waals surface area contributed by atoms with Gasteiger partial charge in [0.05, 0.1) is 0 Å². The Balaban J connectivity index is 3.17. The number of thiol groups is 1. The zero-order valence-corrected chi connectivity index (χ0v) is 6.98. The van der Waals surface area contributed by atoms with Crippen molar-refractivity contribution in [2.45, 2.75) is 4.90 Å². The minimum Gasteiger partial charge on any atom is -0.508 e. The first-order chi connectivity index (χ1) is 4.18. The van der Waals surface area contributed by atoms with Gasteiger partial charge in [-0.1, -0.05) is 15.9 Å². The molecule has 1 rings (SSSR count). The Morgan fingerprint density at radius 3 is 2.44 bits per heavy atom. The van der Waals surface area contributed by atoms with Gasteiger partial charge >= 0.3 is 0 Å². The van der Waals surface area contributed by atoms with E-state index >= 15 is 0 Å². The largest absolute Gasteiger partial charge is 0.508 e. The van der Waals surface area contributed by atoms with Crippen LogP contribution >= 0.6 is 28.6 Å². The molecule has 1 aromatic carbocycles. The van der Waals surface area contributed by atoms with Crippen LogP contribution in [0.25, 0.3) is 0 Å². The van der Waals surface area contributed by atoms with Crippen molar-refractivity contribution in [3.05, 3.63) is 22.7 Å². The van der Waals surface area contributed by atoms with Gasteiger partial charge in [0.2, 0.25) is 0 Å². The van der Waals surface area contributed by atoms with Gasteiger partial charge < -0.3 is 5.11 Å². The zero-order valence-electron chi connectivity index (χ0n) is 4.50. The van der Waals surface area contributed by atoms with Crippen LogP contribution in [0.2, 0.25) is 0 Å². The smallest absolute Gasteiger partial charge is 0.117 e. The van der Waals surface area contributed by atoms with E-state index in [1.807, 2.05) is 6.07 Å². The van der Waals surface area contributed by atoms with Gasteiger partial charge in [0.25, 0.3) is 0 Å². The van der Waals surface area contributed by atoms with Crippen molar-refractivity contribution in [3.63, 3.8) is 0 Å². The third kappa shape index (κ3) is 1.91. The average Bonchev–Trinajstić information content (AvgIpc) is 1.59. The molecule has 0 amide bonds. The first kappa shape index (κ1) is 6.96. The molecule has 0 aromatic heterocycles. The lowest BCUT2D eigenvalue weighted by atomic mass is 10.3. The second-order valence-corrected chi connectivity index (χ2v) is 3.10. The van der Waals surface area contributed by atoms with E-state index in [0.29, 0.717) is 0 Å². The van der Waals surface area contributed by atoms with Crippen LogP contribution in [0.4, 0.5) is 0 Å². The molecule has 0 unspecified atom stereocenters. The third-order valence-corrected chi connectivity index (χ3v) is 1.58. The Morgan fingerprint density at radius 1 is 1.33 bits per heavy atom. The quantitative estimate of drug-likeness (QED) is 0.623. The normalized spacial score (nSPS) is 9.56. The number of hydrogen-bond acceptors (Lipinski definition) is 2. The fourth-order valence-electron chi connectivity index (χ4n) is 0.559. The van der Waals surface area contributed by atoms with Crippen LogP contribution in [-0.4, -0.2) is 5.11 Å². The Hall–Kier alpha value is -0.150. The molecular weight excluding hydrogens is 200 g/mol. The van der Waals surface area contributed by atoms with E-state index in [1.165, 1.54) is 0 Å². The summed E-state index contributed by atoms with van der Waals surface area (Å²) in [6.45, 7) is 0. The molecule has 0 heterocycles. The zero-order chi connectivity index (χ0) is 6.85. The third-order valence-electron chi connectivity index (χ3n) is 0.867. The highest BCUT2D eigenvalue weighted by molar-refractivity contribution is 9.10. The Labute approximate surface area is 67.2 Å². The van der Waals surface area contributed by atoms with Crippen molar-refractivity contribution >= 4 is 28.6 Å². The summed E-state index contributed by atoms with van der Waals surface area (Å²) in [5.74, 6) is 0.231. The van der Waals surface area contributed by atoms with E-state index in [2.05, 4.69) is 28.6 Å². The Morgan fingerprint density at radius 2 is 2.00 bits per heavy atom. The van der Waals surface area contributed by atoms with Crippen LogP contribution in [0.15, 0.2) is 27.6 Å². The molecule has 9 heavy (non-hydrogen) atoms. The van der Waals surface area contributed by atoms with E-state index in [9.17, 15) is 0 Å². The summed E-state index contributed by atoms with van der Waals surface area (Å²) in [4.78, 5) is 0.752. The summed E-state index contributed by atoms with van der Waals surface area (Å²) >= 11 is 7.24. The van der Waals surface area contributed by atoms with Crippen LogP contribution < -0.4 is 0 Å². The number of benzene rings is 1. The van der Waals surface area contributed by atoms with Crippen LogP contribution in [0.3, 0.4) is 0 Å². The lowest BCUT2D eigenvalue weighted by molar-refractivity contribution is 0.473. The topological polar surface area (TPSA) is 20.2 Å². The van der Waals surface area contributed by atoms with Crippen LogP contribution in [0.1, 0.15) is 0 Å². The van der Waals surface area contributed by atoms with E-state index in [0.717, 1.165) is 9.37 Å². The molecule has 0 aliphatic heterocycles. The Kier molecular flexibility index (Phi) is 2.03. The number of rotatable bonds is 0. The van der Waals surface area contributed by atoms with Crippen LogP contribution in [0.5, 0.6) is 5.75 Å². The number of hydrogen-bond donors (Lipinski definition) is 2. The molecule has 0 fully saturated rings. The lowest BCUT2D eigenvalue weighted by Crippen LogP contribution is -1.67. The molecular formula is C6H5BrOS. The van der Waals surface area contributed by atoms with Gasteiger partial charge in [-0.05, 0) is 18.2 Å². The first-order valence-electron chi connectivity index (χ1n) is 2.37. The first-order valence-corrected chi connectivity index (χ1v) is 3.61. The summed E-state index contributed by atoms with van der Waals surface area (Å²) in [6, 6.07) is 5.00. The van der Waals surface area contributed by atoms with Gasteiger partial charge in [0.1, 0.15) is 5.75 Å². The molecule has 48 valence electrons. The monoisotopic (exact) mass is 204 g/mol. The predicted molar refractivity (Wildman–Crippen MR) is 43.1 cm³/mol. The van der Waals surface area contributed by atoms with E-state index in [4.69, 9.17) is 5.11 Å². The van der Waals surface area contributed by atoms with Gasteiger partial charge in [-0.3, -0.25) is 0 Å². The van der Waals surface area contributed by atoms with Gasteiger partial charge in [0.15, 0.2) is 0 Å². The average molecular weight is 205 g/mol. The second-order valence-electron chi connectivity index (χ2n) is 1.67. The molecule has 0 atom stereocenters. The van der Waals surface area contributed by atoms with Crippen molar-refractivity contribution in [2.75, 3.05) is 0 Å². The summed E-state index contributed by atoms with van der Waals surface area (Å²) in [6.07, 6.45) is 0. The van der Waals surface area contributed by atoms with E-state index in [1.54, 1.807) is 12.1 Å². The fourth-order valence-corrected chi connectivity index (χ4v) is 1.49. The van der Waals surface area contributed by atoms with Gasteiger partial charge in [-0.25, -0.2) is 0 Å². The summed E-state index contributed by atoms with van der Waals surface area (Å²) in [5.41, 5.74) is 0. The molecule has 1 N–H and O–H groups in total. The molecule has 0 aliphatic carbocycles. The van der Waals surface area contributed by atoms with Gasteiger partial charge in [-0.2, -0.15) is 0 Å². The number of halogens is 1. The predicted octanol–water partition coefficient (Wildman–Crippen LogP) is 2.44. The molecule has 1 nitrogen and oxygen atoms in total. The van der Waals surface area contributed by atoms with Crippen molar-refractivity contribution in [3.8, 4) is 5.75 Å². The highest BCUT2D eigenvalue weighted by Gasteiger charge is 1.91. The molecule has 0 saturated carbocycles. The summed E-state index contributed by atoms with van der Waals surface area (Å²) in [5, 5.41) is 8.91. The summed E-state index contributed by atoms with van der Waals surface area (Å²) < 4.78 is 0.840. The maximum Gasteiger partial charge on any atom is 0.117 e. The van der Waals surface area contributed by atoms with Gasteiger partial charge in [-0.15, -0.1) is 12.6 Å². The Bertz CT molecular complexity index is 174. The highest BCUT2D eigenvalue weighted by Crippen LogP contribution is 2.21. The standard InChI is InChI=1S/C6H5BrOS/c7-4-1-5(8)3-6(9)2-4/h1-3,8-9H. The minimum absolute atomic E-state index is 0.231. The second kappa shape index (κ2) is 2.62. The molecule has 0 radical (unpaired) electrons. The molecule has 0 saturated heterocycles. The minimum atomic E-state index is 0.231. The van der Waals surface area contributed by atoms with Crippen molar-refractivity contribution in [2.24, 2.45) is 0 Å². The fraction of sp³-hybridized carbons (Fsp3) is 0. The maximum atomic E-state index is 8.91. The van der Waals surface area contributed by atoms with Crippen LogP contribution in [-0.2, 0) is 0 Å². The lowest BCUT2D eigenvalue weighted by Gasteiger charge is -1.93. The molecule has 1 aromatic rings. The van der Waals surface area contributed by atoms with Crippen LogP contribution in [0, 0.1) is 0 Å². The van der Waals surface area contributed by atoms with Crippen molar-refractivity contribution in [1.29, 1.82) is 0 Å². The maximum absolute atomic E-state index is 8.91. The molecule has 0 bridgehead atoms. The molecule has 3 heteroatoms. The number of aromatic hydroxyl groups is 1. The van der Waals surface area contributed by atoms with Crippen molar-refractivity contribution < 1.29 is 5.11 Å². The van der Waals surface area contributed by atoms with E-state index in [-0.39, 0.29) is 5.75 Å². The summed E-state index contributed by atoms with van der Waals surface area (Å²) in [7, 11) is 0. The van der Waals surface area contributed by atoms with Gasteiger partial charge in [0, 0.05) is 9.37 Å². The van der Waals surface area contributed by atoms with Crippen molar-refractivity contribution in [1.82, 2.24) is 0 Å². The number of phenols is 1. The molecule has 0 spiro atoms. The SMILES string of the molecule is Oc1cc(S)cc(Br)c1. The van der Waals surface area contributed by atoms with E-state index < -0.39 is 0 Å². The molecule has 0 aliphatic rings. The highest BCUT2D eigenvalue weighted by atomic mass is 79.9.